The largest absolute Gasteiger partial charge is 0.393 e. The molecule has 0 spiro atoms. The van der Waals surface area contributed by atoms with Gasteiger partial charge in [-0.1, -0.05) is 33.1 Å². The van der Waals surface area contributed by atoms with Gasteiger partial charge in [0.2, 0.25) is 0 Å². The van der Waals surface area contributed by atoms with Crippen LogP contribution in [0.3, 0.4) is 0 Å². The highest BCUT2D eigenvalue weighted by Gasteiger charge is 2.10. The Balaban J connectivity index is 3.40. The van der Waals surface area contributed by atoms with E-state index in [1.54, 1.807) is 0 Å². The highest BCUT2D eigenvalue weighted by Crippen LogP contribution is 2.15. The van der Waals surface area contributed by atoms with Crippen LogP contribution in [0, 0.1) is 5.92 Å². The van der Waals surface area contributed by atoms with Crippen LogP contribution in [0.15, 0.2) is 0 Å². The van der Waals surface area contributed by atoms with E-state index in [1.165, 1.54) is 19.3 Å². The first-order valence-corrected chi connectivity index (χ1v) is 4.40. The standard InChI is InChI=1S/C9H20O/c1-4-6-7-9(5-2)8(3)10/h8-10H,4-7H2,1-3H3. The van der Waals surface area contributed by atoms with Crippen LogP contribution in [0.1, 0.15) is 46.5 Å². The van der Waals surface area contributed by atoms with Crippen LogP contribution in [0.2, 0.25) is 0 Å². The summed E-state index contributed by atoms with van der Waals surface area (Å²) in [5, 5.41) is 9.24. The lowest BCUT2D eigenvalue weighted by molar-refractivity contribution is 0.116. The lowest BCUT2D eigenvalue weighted by Crippen LogP contribution is -2.15. The molecule has 0 amide bonds. The van der Waals surface area contributed by atoms with E-state index in [1.807, 2.05) is 6.92 Å². The summed E-state index contributed by atoms with van der Waals surface area (Å²) in [5.74, 6) is 0.528. The molecule has 2 atom stereocenters. The number of rotatable bonds is 5. The highest BCUT2D eigenvalue weighted by atomic mass is 16.3. The van der Waals surface area contributed by atoms with Crippen molar-refractivity contribution in [3.05, 3.63) is 0 Å². The maximum atomic E-state index is 9.24. The van der Waals surface area contributed by atoms with Gasteiger partial charge in [-0.25, -0.2) is 0 Å². The second-order valence-electron chi connectivity index (χ2n) is 3.05. The summed E-state index contributed by atoms with van der Waals surface area (Å²) in [6.07, 6.45) is 4.67. The number of aliphatic hydroxyl groups is 1. The Morgan fingerprint density at radius 3 is 2.20 bits per heavy atom. The summed E-state index contributed by atoms with van der Waals surface area (Å²) in [4.78, 5) is 0. The number of hydrogen-bond donors (Lipinski definition) is 1. The Kier molecular flexibility index (Phi) is 5.70. The van der Waals surface area contributed by atoms with Crippen molar-refractivity contribution in [3.63, 3.8) is 0 Å². The average Bonchev–Trinajstić information content (AvgIpc) is 1.89. The summed E-state index contributed by atoms with van der Waals surface area (Å²) in [6.45, 7) is 6.23. The summed E-state index contributed by atoms with van der Waals surface area (Å²) < 4.78 is 0. The van der Waals surface area contributed by atoms with E-state index in [4.69, 9.17) is 0 Å². The van der Waals surface area contributed by atoms with Crippen LogP contribution < -0.4 is 0 Å². The molecule has 0 bridgehead atoms. The molecule has 0 aliphatic carbocycles. The third-order valence-corrected chi connectivity index (χ3v) is 2.14. The smallest absolute Gasteiger partial charge is 0.0540 e. The lowest BCUT2D eigenvalue weighted by Gasteiger charge is -2.16. The van der Waals surface area contributed by atoms with Crippen molar-refractivity contribution in [3.8, 4) is 0 Å². The van der Waals surface area contributed by atoms with Gasteiger partial charge in [0.05, 0.1) is 6.10 Å². The Morgan fingerprint density at radius 1 is 1.30 bits per heavy atom. The minimum Gasteiger partial charge on any atom is -0.393 e. The van der Waals surface area contributed by atoms with Gasteiger partial charge in [-0.2, -0.15) is 0 Å². The van der Waals surface area contributed by atoms with Crippen LogP contribution in [0.25, 0.3) is 0 Å². The maximum absolute atomic E-state index is 9.24. The van der Waals surface area contributed by atoms with Crippen LogP contribution >= 0.6 is 0 Å². The monoisotopic (exact) mass is 144 g/mol. The molecule has 1 heteroatoms. The molecule has 0 radical (unpaired) electrons. The number of unbranched alkanes of at least 4 members (excludes halogenated alkanes) is 1. The lowest BCUT2D eigenvalue weighted by atomic mass is 9.95. The molecule has 0 saturated heterocycles. The van der Waals surface area contributed by atoms with Crippen molar-refractivity contribution in [1.29, 1.82) is 0 Å². The molecule has 0 aliphatic heterocycles. The molecular formula is C9H20O. The first kappa shape index (κ1) is 9.96. The second-order valence-corrected chi connectivity index (χ2v) is 3.05. The van der Waals surface area contributed by atoms with Crippen molar-refractivity contribution < 1.29 is 5.11 Å². The molecular weight excluding hydrogens is 124 g/mol. The Bertz CT molecular complexity index is 69.1. The molecule has 62 valence electrons. The molecule has 2 unspecified atom stereocenters. The molecule has 0 saturated carbocycles. The molecule has 1 nitrogen and oxygen atoms in total. The van der Waals surface area contributed by atoms with Crippen molar-refractivity contribution >= 4 is 0 Å². The highest BCUT2D eigenvalue weighted by molar-refractivity contribution is 4.62. The predicted molar refractivity (Wildman–Crippen MR) is 45.0 cm³/mol. The number of hydrogen-bond acceptors (Lipinski definition) is 1. The van der Waals surface area contributed by atoms with E-state index < -0.39 is 0 Å². The topological polar surface area (TPSA) is 20.2 Å². The van der Waals surface area contributed by atoms with E-state index in [2.05, 4.69) is 13.8 Å². The fraction of sp³-hybridized carbons (Fsp3) is 1.00. The van der Waals surface area contributed by atoms with E-state index >= 15 is 0 Å². The summed E-state index contributed by atoms with van der Waals surface area (Å²) in [7, 11) is 0. The molecule has 0 aromatic carbocycles. The maximum Gasteiger partial charge on any atom is 0.0540 e. The summed E-state index contributed by atoms with van der Waals surface area (Å²) in [6, 6.07) is 0. The minimum absolute atomic E-state index is 0.114. The van der Waals surface area contributed by atoms with Crippen molar-refractivity contribution in [2.45, 2.75) is 52.6 Å². The van der Waals surface area contributed by atoms with Gasteiger partial charge in [0.25, 0.3) is 0 Å². The third-order valence-electron chi connectivity index (χ3n) is 2.14. The van der Waals surface area contributed by atoms with E-state index in [9.17, 15) is 5.11 Å². The summed E-state index contributed by atoms with van der Waals surface area (Å²) >= 11 is 0. The van der Waals surface area contributed by atoms with Crippen LogP contribution in [0.4, 0.5) is 0 Å². The van der Waals surface area contributed by atoms with Gasteiger partial charge < -0.3 is 5.11 Å². The molecule has 0 heterocycles. The molecule has 0 fully saturated rings. The molecule has 0 aromatic heterocycles. The van der Waals surface area contributed by atoms with Crippen molar-refractivity contribution in [1.82, 2.24) is 0 Å². The Hall–Kier alpha value is -0.0400. The van der Waals surface area contributed by atoms with Gasteiger partial charge >= 0.3 is 0 Å². The average molecular weight is 144 g/mol. The fourth-order valence-electron chi connectivity index (χ4n) is 1.25. The van der Waals surface area contributed by atoms with Gasteiger partial charge in [0, 0.05) is 0 Å². The van der Waals surface area contributed by atoms with E-state index in [-0.39, 0.29) is 6.10 Å². The number of aliphatic hydroxyl groups excluding tert-OH is 1. The first-order valence-electron chi connectivity index (χ1n) is 4.40. The quantitative estimate of drug-likeness (QED) is 0.628. The third kappa shape index (κ3) is 3.89. The van der Waals surface area contributed by atoms with E-state index in [0.717, 1.165) is 6.42 Å². The molecule has 0 rings (SSSR count). The van der Waals surface area contributed by atoms with Gasteiger partial charge in [-0.3, -0.25) is 0 Å². The normalized spacial score (nSPS) is 16.8. The molecule has 0 aliphatic rings. The predicted octanol–water partition coefficient (Wildman–Crippen LogP) is 2.58. The van der Waals surface area contributed by atoms with Gasteiger partial charge in [0.1, 0.15) is 0 Å². The zero-order valence-corrected chi connectivity index (χ0v) is 7.43. The second kappa shape index (κ2) is 5.72. The SMILES string of the molecule is CCCCC(CC)C(C)O. The van der Waals surface area contributed by atoms with Gasteiger partial charge in [0.15, 0.2) is 0 Å². The van der Waals surface area contributed by atoms with Gasteiger partial charge in [-0.05, 0) is 19.3 Å². The van der Waals surface area contributed by atoms with E-state index in [0.29, 0.717) is 5.92 Å². The molecule has 10 heavy (non-hydrogen) atoms. The molecule has 0 aromatic rings. The van der Waals surface area contributed by atoms with Crippen molar-refractivity contribution in [2.75, 3.05) is 0 Å². The van der Waals surface area contributed by atoms with Crippen LogP contribution in [0.5, 0.6) is 0 Å². The Morgan fingerprint density at radius 2 is 1.90 bits per heavy atom. The fourth-order valence-corrected chi connectivity index (χ4v) is 1.25. The zero-order chi connectivity index (χ0) is 7.98. The summed E-state index contributed by atoms with van der Waals surface area (Å²) in [5.41, 5.74) is 0. The van der Waals surface area contributed by atoms with Crippen molar-refractivity contribution in [2.24, 2.45) is 5.92 Å². The Labute approximate surface area is 64.5 Å². The minimum atomic E-state index is -0.114. The van der Waals surface area contributed by atoms with Gasteiger partial charge in [-0.15, -0.1) is 0 Å². The van der Waals surface area contributed by atoms with Crippen LogP contribution in [-0.4, -0.2) is 11.2 Å². The molecule has 1 N–H and O–H groups in total. The first-order chi connectivity index (χ1) is 4.72. The van der Waals surface area contributed by atoms with Crippen LogP contribution in [-0.2, 0) is 0 Å². The zero-order valence-electron chi connectivity index (χ0n) is 7.43.